The minimum Gasteiger partial charge on any atom is -0.444 e. The Labute approximate surface area is 249 Å². The second-order valence-corrected chi connectivity index (χ2v) is 13.1. The second kappa shape index (κ2) is 10.9. The summed E-state index contributed by atoms with van der Waals surface area (Å²) >= 11 is 7.48. The highest BCUT2D eigenvalue weighted by Crippen LogP contribution is 2.47. The Bertz CT molecular complexity index is 1600. The van der Waals surface area contributed by atoms with Gasteiger partial charge in [0.15, 0.2) is 0 Å². The summed E-state index contributed by atoms with van der Waals surface area (Å²) in [5.74, 6) is -0.678. The molecule has 2 aromatic heterocycles. The first kappa shape index (κ1) is 30.4. The number of hydrogen-bond acceptors (Lipinski definition) is 7. The Morgan fingerprint density at radius 1 is 1.10 bits per heavy atom. The van der Waals surface area contributed by atoms with Gasteiger partial charge in [-0.2, -0.15) is 18.2 Å². The highest BCUT2D eigenvalue weighted by Gasteiger charge is 2.40. The normalized spacial score (nSPS) is 21.4. The molecule has 0 aliphatic carbocycles. The number of pyridine rings is 1. The number of aromatic nitrogens is 3. The lowest BCUT2D eigenvalue weighted by Crippen LogP contribution is -2.59. The lowest BCUT2D eigenvalue weighted by Gasteiger charge is -2.45. The second-order valence-electron chi connectivity index (χ2n) is 11.7. The van der Waals surface area contributed by atoms with E-state index >= 15 is 0 Å². The lowest BCUT2D eigenvalue weighted by molar-refractivity contribution is -0.137. The molecule has 2 aliphatic rings. The van der Waals surface area contributed by atoms with E-state index in [9.17, 15) is 27.2 Å². The van der Waals surface area contributed by atoms with Crippen molar-refractivity contribution in [3.05, 3.63) is 57.0 Å². The molecule has 8 nitrogen and oxygen atoms in total. The van der Waals surface area contributed by atoms with Crippen LogP contribution in [-0.2, 0) is 17.5 Å². The number of nitrogens with zero attached hydrogens (tertiary/aromatic N) is 5. The van der Waals surface area contributed by atoms with Crippen molar-refractivity contribution in [2.45, 2.75) is 75.8 Å². The Kier molecular flexibility index (Phi) is 7.88. The van der Waals surface area contributed by atoms with Crippen LogP contribution in [0.1, 0.15) is 51.7 Å². The Balaban J connectivity index is 1.63. The summed E-state index contributed by atoms with van der Waals surface area (Å²) in [5.41, 5.74) is -1.65. The van der Waals surface area contributed by atoms with Gasteiger partial charge < -0.3 is 9.64 Å². The van der Waals surface area contributed by atoms with Crippen LogP contribution in [0.4, 0.5) is 28.2 Å². The quantitative estimate of drug-likeness (QED) is 0.307. The van der Waals surface area contributed by atoms with Crippen LogP contribution < -0.4 is 10.6 Å². The molecule has 3 aromatic rings. The average Bonchev–Trinajstić information content (AvgIpc) is 3.07. The van der Waals surface area contributed by atoms with Gasteiger partial charge in [0.25, 0.3) is 0 Å². The number of benzene rings is 1. The van der Waals surface area contributed by atoms with Gasteiger partial charge in [-0.1, -0.05) is 11.6 Å². The number of ether oxygens (including phenoxy) is 1. The first-order chi connectivity index (χ1) is 19.5. The number of hydrogen-bond donors (Lipinski definition) is 0. The van der Waals surface area contributed by atoms with Gasteiger partial charge in [-0.3, -0.25) is 14.5 Å². The number of anilines is 1. The number of alkyl halides is 3. The van der Waals surface area contributed by atoms with E-state index in [0.29, 0.717) is 5.56 Å². The molecule has 0 N–H and O–H groups in total. The molecule has 0 bridgehead atoms. The molecule has 226 valence electrons. The molecule has 2 aliphatic heterocycles. The van der Waals surface area contributed by atoms with E-state index in [2.05, 4.69) is 9.97 Å². The van der Waals surface area contributed by atoms with Crippen LogP contribution in [0.25, 0.3) is 10.9 Å². The zero-order chi connectivity index (χ0) is 30.7. The van der Waals surface area contributed by atoms with Crippen molar-refractivity contribution in [2.24, 2.45) is 0 Å². The minimum absolute atomic E-state index is 0.0503. The zero-order valence-electron chi connectivity index (χ0n) is 23.6. The first-order valence-electron chi connectivity index (χ1n) is 13.4. The molecule has 0 spiro atoms. The maximum absolute atomic E-state index is 14.2. The van der Waals surface area contributed by atoms with Gasteiger partial charge >= 0.3 is 18.0 Å². The highest BCUT2D eigenvalue weighted by atomic mass is 35.5. The summed E-state index contributed by atoms with van der Waals surface area (Å²) in [6, 6.07) is 1.45. The van der Waals surface area contributed by atoms with Crippen molar-refractivity contribution in [1.29, 1.82) is 0 Å². The average molecular weight is 628 g/mol. The number of halogens is 5. The highest BCUT2D eigenvalue weighted by molar-refractivity contribution is 7.99. The van der Waals surface area contributed by atoms with Crippen LogP contribution in [0.3, 0.4) is 0 Å². The molecule has 1 aromatic carbocycles. The summed E-state index contributed by atoms with van der Waals surface area (Å²) in [6.45, 7) is 9.38. The maximum Gasteiger partial charge on any atom is 0.417 e. The molecule has 2 unspecified atom stereocenters. The maximum atomic E-state index is 14.2. The molecule has 4 heterocycles. The number of thioether (sulfide) groups is 1. The van der Waals surface area contributed by atoms with E-state index in [1.54, 1.807) is 44.4 Å². The standard InChI is InChI=1S/C28H30ClF4N5O3S/c1-14-10-36(11-15(2)38(14)26(40)41-27(3,4)5)24-19-7-20(28(31,32)33)21(29)23-22(19)37(25(39)35-24)12-17(13-42-23)16-6-18(30)9-34-8-16/h6-9,14-15,17H,10-13H2,1-5H3/t14?,15?,17-/m1/s1. The van der Waals surface area contributed by atoms with Gasteiger partial charge in [0, 0.05) is 42.9 Å². The van der Waals surface area contributed by atoms with Crippen LogP contribution in [0, 0.1) is 5.82 Å². The Morgan fingerprint density at radius 2 is 1.76 bits per heavy atom. The fourth-order valence-electron chi connectivity index (χ4n) is 5.60. The van der Waals surface area contributed by atoms with Gasteiger partial charge in [-0.25, -0.2) is 14.0 Å². The monoisotopic (exact) mass is 627 g/mol. The number of carbonyl (C=O) groups excluding carboxylic acids is 1. The van der Waals surface area contributed by atoms with E-state index in [1.165, 1.54) is 16.8 Å². The van der Waals surface area contributed by atoms with Crippen molar-refractivity contribution in [1.82, 2.24) is 19.4 Å². The topological polar surface area (TPSA) is 80.6 Å². The largest absolute Gasteiger partial charge is 0.444 e. The van der Waals surface area contributed by atoms with Crippen LogP contribution in [0.5, 0.6) is 0 Å². The Morgan fingerprint density at radius 3 is 2.36 bits per heavy atom. The molecule has 0 saturated carbocycles. The molecule has 3 atom stereocenters. The third-order valence-corrected chi connectivity index (χ3v) is 9.06. The van der Waals surface area contributed by atoms with Gasteiger partial charge in [-0.05, 0) is 52.3 Å². The van der Waals surface area contributed by atoms with Crippen molar-refractivity contribution in [3.63, 3.8) is 0 Å². The molecule has 1 amide bonds. The Hall–Kier alpha value is -3.06. The van der Waals surface area contributed by atoms with Gasteiger partial charge in [0.2, 0.25) is 0 Å². The summed E-state index contributed by atoms with van der Waals surface area (Å²) in [6.07, 6.45) is -2.73. The number of rotatable bonds is 2. The smallest absolute Gasteiger partial charge is 0.417 e. The third kappa shape index (κ3) is 5.77. The summed E-state index contributed by atoms with van der Waals surface area (Å²) in [7, 11) is 0. The van der Waals surface area contributed by atoms with Crippen molar-refractivity contribution >= 4 is 46.2 Å². The fourth-order valence-corrected chi connectivity index (χ4v) is 7.27. The summed E-state index contributed by atoms with van der Waals surface area (Å²) < 4.78 is 63.6. The first-order valence-corrected chi connectivity index (χ1v) is 14.7. The summed E-state index contributed by atoms with van der Waals surface area (Å²) in [4.78, 5) is 38.1. The molecule has 14 heteroatoms. The SMILES string of the molecule is CC1CN(c2nc(=O)n3c4c(c(Cl)c(C(F)(F)F)cc24)SC[C@H](c2cncc(F)c2)C3)CC(C)N1C(=O)OC(C)(C)C. The van der Waals surface area contributed by atoms with Crippen molar-refractivity contribution in [2.75, 3.05) is 23.7 Å². The van der Waals surface area contributed by atoms with Crippen LogP contribution >= 0.6 is 23.4 Å². The van der Waals surface area contributed by atoms with Gasteiger partial charge in [0.05, 0.1) is 39.3 Å². The number of piperazine rings is 1. The van der Waals surface area contributed by atoms with E-state index in [1.807, 2.05) is 0 Å². The molecular formula is C28H30ClF4N5O3S. The number of amides is 1. The van der Waals surface area contributed by atoms with Crippen molar-refractivity contribution in [3.8, 4) is 0 Å². The predicted octanol–water partition coefficient (Wildman–Crippen LogP) is 6.33. The predicted molar refractivity (Wildman–Crippen MR) is 153 cm³/mol. The van der Waals surface area contributed by atoms with E-state index in [-0.39, 0.29) is 47.0 Å². The molecular weight excluding hydrogens is 598 g/mol. The molecule has 1 fully saturated rings. The zero-order valence-corrected chi connectivity index (χ0v) is 25.2. The van der Waals surface area contributed by atoms with Crippen molar-refractivity contribution < 1.29 is 27.1 Å². The van der Waals surface area contributed by atoms with Crippen LogP contribution in [-0.4, -0.2) is 62.1 Å². The number of carbonyl (C=O) groups is 1. The van der Waals surface area contributed by atoms with Crippen LogP contribution in [0.15, 0.2) is 34.2 Å². The summed E-state index contributed by atoms with van der Waals surface area (Å²) in [5, 5.41) is -0.378. The lowest BCUT2D eigenvalue weighted by atomic mass is 10.0. The third-order valence-electron chi connectivity index (χ3n) is 7.30. The molecule has 5 rings (SSSR count). The van der Waals surface area contributed by atoms with E-state index < -0.39 is 58.0 Å². The van der Waals surface area contributed by atoms with Gasteiger partial charge in [-0.15, -0.1) is 11.8 Å². The minimum atomic E-state index is -4.77. The molecule has 1 saturated heterocycles. The van der Waals surface area contributed by atoms with Crippen LogP contribution in [0.2, 0.25) is 5.02 Å². The van der Waals surface area contributed by atoms with E-state index in [4.69, 9.17) is 16.3 Å². The fraction of sp³-hybridized carbons (Fsp3) is 0.500. The van der Waals surface area contributed by atoms with E-state index in [0.717, 1.165) is 24.0 Å². The molecule has 42 heavy (non-hydrogen) atoms. The molecule has 0 radical (unpaired) electrons. The van der Waals surface area contributed by atoms with Gasteiger partial charge in [0.1, 0.15) is 17.2 Å².